The Morgan fingerprint density at radius 2 is 2.17 bits per heavy atom. The molecule has 1 aliphatic rings. The first-order chi connectivity index (χ1) is 8.83. The molecule has 94 valence electrons. The second-order valence-electron chi connectivity index (χ2n) is 4.91. The SMILES string of the molecule is O=c1cc(CC2CCNCC2)nc2ccccn12. The van der Waals surface area contributed by atoms with Crippen LogP contribution in [0.5, 0.6) is 0 Å². The zero-order chi connectivity index (χ0) is 12.4. The minimum absolute atomic E-state index is 0.0181. The number of piperidine rings is 1. The van der Waals surface area contributed by atoms with E-state index in [9.17, 15) is 4.79 Å². The summed E-state index contributed by atoms with van der Waals surface area (Å²) in [6, 6.07) is 7.32. The first-order valence-corrected chi connectivity index (χ1v) is 6.51. The third-order valence-corrected chi connectivity index (χ3v) is 3.58. The molecule has 4 nitrogen and oxygen atoms in total. The molecule has 0 atom stereocenters. The highest BCUT2D eigenvalue weighted by Crippen LogP contribution is 2.16. The Balaban J connectivity index is 1.90. The van der Waals surface area contributed by atoms with E-state index >= 15 is 0 Å². The van der Waals surface area contributed by atoms with E-state index in [0.717, 1.165) is 30.9 Å². The van der Waals surface area contributed by atoms with Crippen LogP contribution >= 0.6 is 0 Å². The van der Waals surface area contributed by atoms with Crippen molar-refractivity contribution in [3.8, 4) is 0 Å². The van der Waals surface area contributed by atoms with Gasteiger partial charge in [0, 0.05) is 18.0 Å². The highest BCUT2D eigenvalue weighted by Gasteiger charge is 2.14. The number of hydrogen-bond acceptors (Lipinski definition) is 3. The van der Waals surface area contributed by atoms with E-state index < -0.39 is 0 Å². The molecule has 1 saturated heterocycles. The van der Waals surface area contributed by atoms with Crippen LogP contribution in [-0.4, -0.2) is 22.5 Å². The Bertz CT molecular complexity index is 599. The second kappa shape index (κ2) is 4.90. The van der Waals surface area contributed by atoms with Gasteiger partial charge in [-0.2, -0.15) is 0 Å². The molecule has 0 radical (unpaired) electrons. The predicted octanol–water partition coefficient (Wildman–Crippen LogP) is 1.24. The van der Waals surface area contributed by atoms with Crippen LogP contribution < -0.4 is 10.9 Å². The van der Waals surface area contributed by atoms with Crippen molar-refractivity contribution >= 4 is 5.65 Å². The summed E-state index contributed by atoms with van der Waals surface area (Å²) in [5, 5.41) is 3.36. The van der Waals surface area contributed by atoms with Crippen LogP contribution in [0, 0.1) is 5.92 Å². The molecule has 2 aromatic heterocycles. The van der Waals surface area contributed by atoms with Gasteiger partial charge in [0.1, 0.15) is 5.65 Å². The highest BCUT2D eigenvalue weighted by molar-refractivity contribution is 5.38. The summed E-state index contributed by atoms with van der Waals surface area (Å²) in [6.45, 7) is 2.16. The number of hydrogen-bond donors (Lipinski definition) is 1. The third kappa shape index (κ3) is 2.29. The van der Waals surface area contributed by atoms with Gasteiger partial charge in [0.2, 0.25) is 0 Å². The maximum absolute atomic E-state index is 12.0. The molecule has 0 amide bonds. The maximum atomic E-state index is 12.0. The Morgan fingerprint density at radius 1 is 1.33 bits per heavy atom. The molecule has 1 aliphatic heterocycles. The number of nitrogens with zero attached hydrogens (tertiary/aromatic N) is 2. The van der Waals surface area contributed by atoms with Crippen LogP contribution in [-0.2, 0) is 6.42 Å². The van der Waals surface area contributed by atoms with Gasteiger partial charge in [0.05, 0.1) is 0 Å². The van der Waals surface area contributed by atoms with Gasteiger partial charge in [-0.1, -0.05) is 6.07 Å². The van der Waals surface area contributed by atoms with Crippen molar-refractivity contribution in [2.24, 2.45) is 5.92 Å². The van der Waals surface area contributed by atoms with Crippen molar-refractivity contribution in [1.29, 1.82) is 0 Å². The quantitative estimate of drug-likeness (QED) is 0.863. The Morgan fingerprint density at radius 3 is 3.00 bits per heavy atom. The molecule has 1 fully saturated rings. The van der Waals surface area contributed by atoms with Crippen molar-refractivity contribution in [1.82, 2.24) is 14.7 Å². The monoisotopic (exact) mass is 243 g/mol. The molecule has 3 rings (SSSR count). The lowest BCUT2D eigenvalue weighted by atomic mass is 9.93. The summed E-state index contributed by atoms with van der Waals surface area (Å²) < 4.78 is 1.59. The minimum Gasteiger partial charge on any atom is -0.317 e. The second-order valence-corrected chi connectivity index (χ2v) is 4.91. The van der Waals surface area contributed by atoms with Crippen LogP contribution in [0.4, 0.5) is 0 Å². The van der Waals surface area contributed by atoms with Crippen LogP contribution in [0.1, 0.15) is 18.5 Å². The fourth-order valence-corrected chi connectivity index (χ4v) is 2.59. The normalized spacial score (nSPS) is 17.1. The molecule has 3 heterocycles. The van der Waals surface area contributed by atoms with Gasteiger partial charge in [-0.05, 0) is 50.4 Å². The van der Waals surface area contributed by atoms with Gasteiger partial charge in [-0.15, -0.1) is 0 Å². The van der Waals surface area contributed by atoms with E-state index in [2.05, 4.69) is 10.3 Å². The molecule has 0 aromatic carbocycles. The van der Waals surface area contributed by atoms with E-state index in [-0.39, 0.29) is 5.56 Å². The fourth-order valence-electron chi connectivity index (χ4n) is 2.59. The first-order valence-electron chi connectivity index (χ1n) is 6.51. The van der Waals surface area contributed by atoms with Gasteiger partial charge >= 0.3 is 0 Å². The zero-order valence-electron chi connectivity index (χ0n) is 10.3. The summed E-state index contributed by atoms with van der Waals surface area (Å²) in [5.74, 6) is 0.657. The van der Waals surface area contributed by atoms with E-state index in [1.165, 1.54) is 12.8 Å². The van der Waals surface area contributed by atoms with Gasteiger partial charge in [-0.3, -0.25) is 9.20 Å². The van der Waals surface area contributed by atoms with Crippen molar-refractivity contribution < 1.29 is 0 Å². The number of pyridine rings is 1. The first kappa shape index (κ1) is 11.4. The third-order valence-electron chi connectivity index (χ3n) is 3.58. The average Bonchev–Trinajstić information content (AvgIpc) is 2.40. The topological polar surface area (TPSA) is 46.4 Å². The van der Waals surface area contributed by atoms with Crippen molar-refractivity contribution in [3.63, 3.8) is 0 Å². The van der Waals surface area contributed by atoms with Gasteiger partial charge in [0.25, 0.3) is 5.56 Å². The maximum Gasteiger partial charge on any atom is 0.258 e. The van der Waals surface area contributed by atoms with Crippen LogP contribution in [0.2, 0.25) is 0 Å². The lowest BCUT2D eigenvalue weighted by Crippen LogP contribution is -2.29. The number of aromatic nitrogens is 2. The van der Waals surface area contributed by atoms with E-state index in [4.69, 9.17) is 0 Å². The number of fused-ring (bicyclic) bond motifs is 1. The summed E-state index contributed by atoms with van der Waals surface area (Å²) in [5.41, 5.74) is 1.69. The molecular weight excluding hydrogens is 226 g/mol. The minimum atomic E-state index is 0.0181. The Labute approximate surface area is 106 Å². The summed E-state index contributed by atoms with van der Waals surface area (Å²) >= 11 is 0. The van der Waals surface area contributed by atoms with Crippen molar-refractivity contribution in [2.75, 3.05) is 13.1 Å². The fraction of sp³-hybridized carbons (Fsp3) is 0.429. The lowest BCUT2D eigenvalue weighted by Gasteiger charge is -2.22. The standard InChI is InChI=1S/C14H17N3O/c18-14-10-12(9-11-4-6-15-7-5-11)16-13-3-1-2-8-17(13)14/h1-3,8,10-11,15H,4-7,9H2. The van der Waals surface area contributed by atoms with Crippen molar-refractivity contribution in [3.05, 3.63) is 46.5 Å². The highest BCUT2D eigenvalue weighted by atomic mass is 16.1. The summed E-state index contributed by atoms with van der Waals surface area (Å²) in [7, 11) is 0. The van der Waals surface area contributed by atoms with Crippen LogP contribution in [0.15, 0.2) is 35.3 Å². The Hall–Kier alpha value is -1.68. The smallest absolute Gasteiger partial charge is 0.258 e. The van der Waals surface area contributed by atoms with Gasteiger partial charge in [-0.25, -0.2) is 4.98 Å². The molecule has 2 aromatic rings. The molecule has 18 heavy (non-hydrogen) atoms. The van der Waals surface area contributed by atoms with Gasteiger partial charge in [0.15, 0.2) is 0 Å². The molecule has 0 bridgehead atoms. The molecule has 0 saturated carbocycles. The number of rotatable bonds is 2. The largest absolute Gasteiger partial charge is 0.317 e. The van der Waals surface area contributed by atoms with E-state index in [0.29, 0.717) is 5.92 Å². The summed E-state index contributed by atoms with van der Waals surface area (Å²) in [4.78, 5) is 16.5. The average molecular weight is 243 g/mol. The molecular formula is C14H17N3O. The van der Waals surface area contributed by atoms with E-state index in [1.54, 1.807) is 16.7 Å². The lowest BCUT2D eigenvalue weighted by molar-refractivity contribution is 0.370. The van der Waals surface area contributed by atoms with Crippen LogP contribution in [0.25, 0.3) is 5.65 Å². The van der Waals surface area contributed by atoms with Crippen LogP contribution in [0.3, 0.4) is 0 Å². The molecule has 1 N–H and O–H groups in total. The molecule has 0 spiro atoms. The Kier molecular flexibility index (Phi) is 3.11. The molecule has 0 unspecified atom stereocenters. The number of nitrogens with one attached hydrogen (secondary N) is 1. The van der Waals surface area contributed by atoms with E-state index in [1.807, 2.05) is 18.2 Å². The van der Waals surface area contributed by atoms with Gasteiger partial charge < -0.3 is 5.32 Å². The van der Waals surface area contributed by atoms with Crippen molar-refractivity contribution in [2.45, 2.75) is 19.3 Å². The molecule has 4 heteroatoms. The zero-order valence-corrected chi connectivity index (χ0v) is 10.3. The molecule has 0 aliphatic carbocycles. The predicted molar refractivity (Wildman–Crippen MR) is 70.8 cm³/mol. The summed E-state index contributed by atoms with van der Waals surface area (Å²) in [6.07, 6.45) is 5.03.